The molecule has 38 heavy (non-hydrogen) atoms. The van der Waals surface area contributed by atoms with Gasteiger partial charge < -0.3 is 24.1 Å². The van der Waals surface area contributed by atoms with E-state index in [0.29, 0.717) is 33.0 Å². The zero-order valence-electron chi connectivity index (χ0n) is 21.9. The Morgan fingerprint density at radius 3 is 2.47 bits per heavy atom. The van der Waals surface area contributed by atoms with Crippen molar-refractivity contribution in [1.29, 1.82) is 0 Å². The van der Waals surface area contributed by atoms with Crippen LogP contribution in [0.1, 0.15) is 21.5 Å². The first-order valence-electron chi connectivity index (χ1n) is 11.6. The lowest BCUT2D eigenvalue weighted by atomic mass is 9.97. The second-order valence-electron chi connectivity index (χ2n) is 8.44. The minimum Gasteiger partial charge on any atom is -0.493 e. The first-order chi connectivity index (χ1) is 18.3. The van der Waals surface area contributed by atoms with Crippen molar-refractivity contribution in [2.75, 3.05) is 32.4 Å². The third-order valence-corrected chi connectivity index (χ3v) is 7.84. The van der Waals surface area contributed by atoms with E-state index in [1.165, 1.54) is 30.2 Å². The number of nitrogens with zero attached hydrogens (tertiary/aromatic N) is 3. The molecule has 0 spiro atoms. The van der Waals surface area contributed by atoms with Gasteiger partial charge in [-0.15, -0.1) is 21.5 Å². The summed E-state index contributed by atoms with van der Waals surface area (Å²) in [6.07, 6.45) is 0. The van der Waals surface area contributed by atoms with Crippen LogP contribution in [0.2, 0.25) is 0 Å². The molecule has 2 aromatic heterocycles. The molecule has 0 fully saturated rings. The van der Waals surface area contributed by atoms with Gasteiger partial charge in [0.2, 0.25) is 5.91 Å². The number of hydrogen-bond acceptors (Lipinski definition) is 9. The van der Waals surface area contributed by atoms with Gasteiger partial charge >= 0.3 is 5.97 Å². The Hall–Kier alpha value is -3.83. The third-order valence-electron chi connectivity index (χ3n) is 5.93. The number of methoxy groups -OCH3 is 3. The van der Waals surface area contributed by atoms with E-state index in [1.807, 2.05) is 61.2 Å². The number of anilines is 1. The molecular formula is C27H28N4O5S2. The van der Waals surface area contributed by atoms with E-state index in [1.54, 1.807) is 20.3 Å². The lowest BCUT2D eigenvalue weighted by molar-refractivity contribution is -0.113. The predicted octanol–water partition coefficient (Wildman–Crippen LogP) is 5.36. The van der Waals surface area contributed by atoms with Crippen LogP contribution in [-0.2, 0) is 16.6 Å². The summed E-state index contributed by atoms with van der Waals surface area (Å²) in [6, 6.07) is 11.5. The molecule has 0 unspecified atom stereocenters. The summed E-state index contributed by atoms with van der Waals surface area (Å²) in [5, 5.41) is 14.3. The molecule has 0 aliphatic carbocycles. The fourth-order valence-corrected chi connectivity index (χ4v) is 5.61. The molecule has 0 saturated carbocycles. The van der Waals surface area contributed by atoms with Crippen molar-refractivity contribution < 1.29 is 23.8 Å². The predicted molar refractivity (Wildman–Crippen MR) is 149 cm³/mol. The number of rotatable bonds is 9. The number of thiophene rings is 1. The fourth-order valence-electron chi connectivity index (χ4n) is 3.94. The highest BCUT2D eigenvalue weighted by molar-refractivity contribution is 7.99. The van der Waals surface area contributed by atoms with Gasteiger partial charge in [0.05, 0.1) is 27.1 Å². The van der Waals surface area contributed by atoms with Crippen LogP contribution in [-0.4, -0.2) is 53.7 Å². The fraction of sp³-hybridized carbons (Fsp3) is 0.259. The third kappa shape index (κ3) is 5.53. The van der Waals surface area contributed by atoms with Crippen LogP contribution >= 0.6 is 23.1 Å². The zero-order valence-corrected chi connectivity index (χ0v) is 23.6. The normalized spacial score (nSPS) is 10.8. The van der Waals surface area contributed by atoms with Crippen molar-refractivity contribution >= 4 is 40.0 Å². The number of hydrogen-bond donors (Lipinski definition) is 1. The molecule has 4 rings (SSSR count). The monoisotopic (exact) mass is 552 g/mol. The minimum atomic E-state index is -0.502. The van der Waals surface area contributed by atoms with Crippen molar-refractivity contribution in [2.24, 2.45) is 7.05 Å². The summed E-state index contributed by atoms with van der Waals surface area (Å²) in [5.41, 5.74) is 4.91. The Labute approximate surface area is 229 Å². The average Bonchev–Trinajstić information content (AvgIpc) is 3.50. The van der Waals surface area contributed by atoms with E-state index in [0.717, 1.165) is 27.8 Å². The van der Waals surface area contributed by atoms with Gasteiger partial charge in [-0.1, -0.05) is 35.5 Å². The number of amides is 1. The molecule has 0 aliphatic heterocycles. The minimum absolute atomic E-state index is 0.0786. The second kappa shape index (κ2) is 11.7. The smallest absolute Gasteiger partial charge is 0.341 e. The highest BCUT2D eigenvalue weighted by Crippen LogP contribution is 2.38. The molecule has 0 saturated heterocycles. The van der Waals surface area contributed by atoms with Gasteiger partial charge in [-0.2, -0.15) is 0 Å². The lowest BCUT2D eigenvalue weighted by Gasteiger charge is -2.10. The number of aryl methyl sites for hydroxylation is 2. The Morgan fingerprint density at radius 1 is 1.00 bits per heavy atom. The molecule has 198 valence electrons. The van der Waals surface area contributed by atoms with E-state index < -0.39 is 5.97 Å². The van der Waals surface area contributed by atoms with Gasteiger partial charge in [-0.3, -0.25) is 4.79 Å². The van der Waals surface area contributed by atoms with Crippen LogP contribution in [0.15, 0.2) is 46.9 Å². The van der Waals surface area contributed by atoms with Gasteiger partial charge in [0.1, 0.15) is 10.6 Å². The van der Waals surface area contributed by atoms with E-state index >= 15 is 0 Å². The van der Waals surface area contributed by atoms with Crippen molar-refractivity contribution in [3.63, 3.8) is 0 Å². The first kappa shape index (κ1) is 27.2. The molecule has 4 aromatic rings. The van der Waals surface area contributed by atoms with Gasteiger partial charge in [-0.05, 0) is 43.2 Å². The van der Waals surface area contributed by atoms with Gasteiger partial charge in [0.25, 0.3) is 0 Å². The standard InChI is InChI=1S/C27H28N4O5S2/c1-15-7-8-16(2)18(11-15)19-13-37-25(23(19)26(33)36-6)28-22(32)14-38-27-30-29-24(31(27)3)17-9-10-20(34-4)21(12-17)35-5/h7-13H,14H2,1-6H3,(H,28,32). The van der Waals surface area contributed by atoms with Crippen LogP contribution in [0, 0.1) is 13.8 Å². The number of benzene rings is 2. The highest BCUT2D eigenvalue weighted by atomic mass is 32.2. The largest absolute Gasteiger partial charge is 0.493 e. The number of aromatic nitrogens is 3. The van der Waals surface area contributed by atoms with Crippen molar-refractivity contribution in [1.82, 2.24) is 14.8 Å². The topological polar surface area (TPSA) is 105 Å². The van der Waals surface area contributed by atoms with Crippen molar-refractivity contribution in [3.05, 3.63) is 58.5 Å². The maximum absolute atomic E-state index is 12.9. The number of nitrogens with one attached hydrogen (secondary N) is 1. The Bertz CT molecular complexity index is 1490. The summed E-state index contributed by atoms with van der Waals surface area (Å²) in [4.78, 5) is 25.6. The summed E-state index contributed by atoms with van der Waals surface area (Å²) >= 11 is 2.54. The van der Waals surface area contributed by atoms with E-state index in [2.05, 4.69) is 15.5 Å². The quantitative estimate of drug-likeness (QED) is 0.219. The maximum atomic E-state index is 12.9. The van der Waals surface area contributed by atoms with Crippen molar-refractivity contribution in [3.8, 4) is 34.0 Å². The van der Waals surface area contributed by atoms with Crippen molar-refractivity contribution in [2.45, 2.75) is 19.0 Å². The summed E-state index contributed by atoms with van der Waals surface area (Å²) in [5.74, 6) is 1.13. The number of carbonyl (C=O) groups excluding carboxylic acids is 2. The van der Waals surface area contributed by atoms with E-state index in [4.69, 9.17) is 14.2 Å². The van der Waals surface area contributed by atoms with E-state index in [-0.39, 0.29) is 11.7 Å². The molecule has 9 nitrogen and oxygen atoms in total. The number of thioether (sulfide) groups is 1. The molecule has 2 aromatic carbocycles. The van der Waals surface area contributed by atoms with Gasteiger partial charge in [0, 0.05) is 23.6 Å². The van der Waals surface area contributed by atoms with Crippen LogP contribution in [0.25, 0.3) is 22.5 Å². The molecule has 1 amide bonds. The number of esters is 1. The van der Waals surface area contributed by atoms with Gasteiger partial charge in [-0.25, -0.2) is 4.79 Å². The first-order valence-corrected chi connectivity index (χ1v) is 13.5. The molecule has 2 heterocycles. The summed E-state index contributed by atoms with van der Waals surface area (Å²) in [6.45, 7) is 3.98. The molecule has 0 aliphatic rings. The molecular weight excluding hydrogens is 524 g/mol. The van der Waals surface area contributed by atoms with Gasteiger partial charge in [0.15, 0.2) is 22.5 Å². The van der Waals surface area contributed by atoms with Crippen LogP contribution in [0.5, 0.6) is 11.5 Å². The van der Waals surface area contributed by atoms with Crippen LogP contribution in [0.3, 0.4) is 0 Å². The molecule has 11 heteroatoms. The molecule has 0 bridgehead atoms. The summed E-state index contributed by atoms with van der Waals surface area (Å²) in [7, 11) is 6.31. The molecule has 0 atom stereocenters. The lowest BCUT2D eigenvalue weighted by Crippen LogP contribution is -2.16. The van der Waals surface area contributed by atoms with Crippen LogP contribution in [0.4, 0.5) is 5.00 Å². The Balaban J connectivity index is 1.51. The molecule has 1 N–H and O–H groups in total. The second-order valence-corrected chi connectivity index (χ2v) is 10.3. The number of ether oxygens (including phenoxy) is 3. The summed E-state index contributed by atoms with van der Waals surface area (Å²) < 4.78 is 17.5. The number of carbonyl (C=O) groups is 2. The highest BCUT2D eigenvalue weighted by Gasteiger charge is 2.24. The van der Waals surface area contributed by atoms with Crippen LogP contribution < -0.4 is 14.8 Å². The maximum Gasteiger partial charge on any atom is 0.341 e. The molecule has 0 radical (unpaired) electrons. The zero-order chi connectivity index (χ0) is 27.4. The Kier molecular flexibility index (Phi) is 8.38. The SMILES string of the molecule is COC(=O)c1c(-c2cc(C)ccc2C)csc1NC(=O)CSc1nnc(-c2ccc(OC)c(OC)c2)n1C. The average molecular weight is 553 g/mol. The Morgan fingerprint density at radius 2 is 1.76 bits per heavy atom. The van der Waals surface area contributed by atoms with E-state index in [9.17, 15) is 9.59 Å².